The first-order chi connectivity index (χ1) is 13.1. The molecule has 134 valence electrons. The van der Waals surface area contributed by atoms with E-state index >= 15 is 0 Å². The number of nitrogens with one attached hydrogen (secondary N) is 1. The molecule has 0 spiro atoms. The van der Waals surface area contributed by atoms with Gasteiger partial charge in [-0.1, -0.05) is 29.8 Å². The molecule has 2 N–H and O–H groups in total. The van der Waals surface area contributed by atoms with Crippen molar-refractivity contribution in [2.45, 2.75) is 6.42 Å². The van der Waals surface area contributed by atoms with Crippen LogP contribution in [-0.2, 0) is 6.42 Å². The lowest BCUT2D eigenvalue weighted by Crippen LogP contribution is -2.00. The van der Waals surface area contributed by atoms with E-state index in [1.807, 2.05) is 24.3 Å². The molecule has 0 atom stereocenters. The lowest BCUT2D eigenvalue weighted by atomic mass is 10.1. The summed E-state index contributed by atoms with van der Waals surface area (Å²) in [6.07, 6.45) is 5.17. The molecular weight excluding hydrogens is 368 g/mol. The van der Waals surface area contributed by atoms with Crippen molar-refractivity contribution >= 4 is 17.6 Å². The van der Waals surface area contributed by atoms with Gasteiger partial charge in [-0.2, -0.15) is 15.4 Å². The molecule has 8 nitrogen and oxygen atoms in total. The molecule has 0 saturated carbocycles. The molecule has 4 rings (SSSR count). The first-order valence-electron chi connectivity index (χ1n) is 7.99. The molecule has 3 aromatic heterocycles. The quantitative estimate of drug-likeness (QED) is 0.550. The third-order valence-corrected chi connectivity index (χ3v) is 4.39. The maximum Gasteiger partial charge on any atom is 0.337 e. The second-order valence-corrected chi connectivity index (χ2v) is 6.17. The number of imidazole rings is 1. The minimum Gasteiger partial charge on any atom is -0.478 e. The highest BCUT2D eigenvalue weighted by molar-refractivity contribution is 6.31. The molecule has 0 aliphatic heterocycles. The molecule has 4 aromatic rings. The van der Waals surface area contributed by atoms with Crippen LogP contribution < -0.4 is 0 Å². The van der Waals surface area contributed by atoms with Gasteiger partial charge in [0.2, 0.25) is 0 Å². The summed E-state index contributed by atoms with van der Waals surface area (Å²) in [5, 5.41) is 20.7. The number of H-pyrrole nitrogens is 1. The summed E-state index contributed by atoms with van der Waals surface area (Å²) in [6, 6.07) is 10.7. The van der Waals surface area contributed by atoms with Crippen LogP contribution in [0, 0.1) is 0 Å². The molecule has 0 unspecified atom stereocenters. The van der Waals surface area contributed by atoms with E-state index in [-0.39, 0.29) is 5.56 Å². The Balaban J connectivity index is 1.62. The number of carboxylic acids is 1. The first kappa shape index (κ1) is 16.9. The Morgan fingerprint density at radius 3 is 2.74 bits per heavy atom. The van der Waals surface area contributed by atoms with E-state index in [9.17, 15) is 4.79 Å². The zero-order valence-corrected chi connectivity index (χ0v) is 14.6. The van der Waals surface area contributed by atoms with Crippen molar-refractivity contribution in [2.75, 3.05) is 0 Å². The molecule has 0 aliphatic carbocycles. The number of aromatic amines is 1. The fourth-order valence-corrected chi connectivity index (χ4v) is 2.84. The summed E-state index contributed by atoms with van der Waals surface area (Å²) in [7, 11) is 0. The maximum absolute atomic E-state index is 10.9. The molecule has 0 fully saturated rings. The molecule has 0 saturated heterocycles. The Hall–Kier alpha value is -3.52. The Labute approximate surface area is 158 Å². The normalized spacial score (nSPS) is 10.9. The van der Waals surface area contributed by atoms with E-state index in [2.05, 4.69) is 25.4 Å². The van der Waals surface area contributed by atoms with Crippen LogP contribution in [0.5, 0.6) is 0 Å². The Kier molecular flexibility index (Phi) is 4.39. The molecule has 9 heteroatoms. The van der Waals surface area contributed by atoms with Crippen LogP contribution in [0.1, 0.15) is 21.6 Å². The summed E-state index contributed by atoms with van der Waals surface area (Å²) in [4.78, 5) is 19.4. The van der Waals surface area contributed by atoms with Crippen molar-refractivity contribution in [3.05, 3.63) is 77.0 Å². The molecule has 3 heterocycles. The smallest absolute Gasteiger partial charge is 0.337 e. The van der Waals surface area contributed by atoms with Gasteiger partial charge < -0.3 is 5.11 Å². The van der Waals surface area contributed by atoms with Crippen LogP contribution in [0.25, 0.3) is 17.2 Å². The van der Waals surface area contributed by atoms with Crippen LogP contribution in [0.15, 0.2) is 55.1 Å². The number of pyridine rings is 1. The van der Waals surface area contributed by atoms with E-state index in [1.165, 1.54) is 12.3 Å². The van der Waals surface area contributed by atoms with Gasteiger partial charge in [-0.3, -0.25) is 4.57 Å². The van der Waals surface area contributed by atoms with Crippen LogP contribution in [-0.4, -0.2) is 41.0 Å². The van der Waals surface area contributed by atoms with Gasteiger partial charge in [0.05, 0.1) is 11.3 Å². The monoisotopic (exact) mass is 380 g/mol. The molecule has 0 radical (unpaired) electrons. The van der Waals surface area contributed by atoms with E-state index in [0.717, 1.165) is 11.3 Å². The van der Waals surface area contributed by atoms with Crippen molar-refractivity contribution in [3.8, 4) is 17.2 Å². The van der Waals surface area contributed by atoms with Gasteiger partial charge in [-0.15, -0.1) is 0 Å². The van der Waals surface area contributed by atoms with E-state index < -0.39 is 5.97 Å². The highest BCUT2D eigenvalue weighted by atomic mass is 35.5. The molecular formula is C18H13ClN6O2. The molecule has 0 amide bonds. The molecule has 0 bridgehead atoms. The summed E-state index contributed by atoms with van der Waals surface area (Å²) in [5.41, 5.74) is 3.03. The van der Waals surface area contributed by atoms with Crippen molar-refractivity contribution < 1.29 is 9.90 Å². The summed E-state index contributed by atoms with van der Waals surface area (Å²) < 4.78 is 1.69. The predicted octanol–water partition coefficient (Wildman–Crippen LogP) is 2.99. The van der Waals surface area contributed by atoms with Crippen LogP contribution in [0.3, 0.4) is 0 Å². The van der Waals surface area contributed by atoms with Crippen LogP contribution in [0.2, 0.25) is 5.02 Å². The number of benzene rings is 1. The van der Waals surface area contributed by atoms with Gasteiger partial charge in [-0.05, 0) is 23.8 Å². The second-order valence-electron chi connectivity index (χ2n) is 5.76. The van der Waals surface area contributed by atoms with Crippen molar-refractivity contribution in [1.29, 1.82) is 0 Å². The third-order valence-electron chi connectivity index (χ3n) is 4.02. The van der Waals surface area contributed by atoms with Gasteiger partial charge in [0.25, 0.3) is 0 Å². The van der Waals surface area contributed by atoms with Crippen molar-refractivity contribution in [2.24, 2.45) is 0 Å². The lowest BCUT2D eigenvalue weighted by Gasteiger charge is -2.02. The van der Waals surface area contributed by atoms with Gasteiger partial charge in [0.1, 0.15) is 23.5 Å². The maximum atomic E-state index is 10.9. The average Bonchev–Trinajstić information content (AvgIpc) is 3.33. The predicted molar refractivity (Wildman–Crippen MR) is 98.0 cm³/mol. The SMILES string of the molecule is O=C(O)c1ccc(-n2cnc(-c3n[nH]nc3Cc3ccccc3Cl)c2)nc1. The first-order valence-corrected chi connectivity index (χ1v) is 8.37. The Morgan fingerprint density at radius 1 is 1.15 bits per heavy atom. The number of nitrogens with zero attached hydrogens (tertiary/aromatic N) is 5. The number of hydrogen-bond donors (Lipinski definition) is 2. The lowest BCUT2D eigenvalue weighted by molar-refractivity contribution is 0.0696. The summed E-state index contributed by atoms with van der Waals surface area (Å²) in [6.45, 7) is 0. The van der Waals surface area contributed by atoms with Crippen LogP contribution >= 0.6 is 11.6 Å². The number of hydrogen-bond acceptors (Lipinski definition) is 5. The fourth-order valence-electron chi connectivity index (χ4n) is 2.64. The van der Waals surface area contributed by atoms with Crippen molar-refractivity contribution in [3.63, 3.8) is 0 Å². The third kappa shape index (κ3) is 3.42. The Bertz CT molecular complexity index is 1100. The summed E-state index contributed by atoms with van der Waals surface area (Å²) in [5.74, 6) is -0.470. The zero-order valence-electron chi connectivity index (χ0n) is 13.9. The molecule has 27 heavy (non-hydrogen) atoms. The largest absolute Gasteiger partial charge is 0.478 e. The minimum absolute atomic E-state index is 0.123. The average molecular weight is 381 g/mol. The second kappa shape index (κ2) is 7.00. The standard InChI is InChI=1S/C18H13ClN6O2/c19-13-4-2-1-3-11(13)7-14-17(23-24-22-14)15-9-25(10-21-15)16-6-5-12(8-20-16)18(26)27/h1-6,8-10H,7H2,(H,26,27)(H,22,23,24). The molecule has 1 aromatic carbocycles. The highest BCUT2D eigenvalue weighted by Crippen LogP contribution is 2.24. The number of carbonyl (C=O) groups is 1. The zero-order chi connectivity index (χ0) is 18.8. The van der Waals surface area contributed by atoms with Gasteiger partial charge in [0, 0.05) is 23.8 Å². The number of halogens is 1. The van der Waals surface area contributed by atoms with Crippen LogP contribution in [0.4, 0.5) is 0 Å². The van der Waals surface area contributed by atoms with Crippen molar-refractivity contribution in [1.82, 2.24) is 29.9 Å². The number of aromatic carboxylic acids is 1. The Morgan fingerprint density at radius 2 is 2.00 bits per heavy atom. The number of rotatable bonds is 5. The van der Waals surface area contributed by atoms with E-state index in [1.54, 1.807) is 23.2 Å². The van der Waals surface area contributed by atoms with E-state index in [0.29, 0.717) is 28.6 Å². The topological polar surface area (TPSA) is 110 Å². The van der Waals surface area contributed by atoms with Gasteiger partial charge >= 0.3 is 5.97 Å². The highest BCUT2D eigenvalue weighted by Gasteiger charge is 2.15. The minimum atomic E-state index is -1.02. The fraction of sp³-hybridized carbons (Fsp3) is 0.0556. The number of aromatic nitrogens is 6. The van der Waals surface area contributed by atoms with Gasteiger partial charge in [0.15, 0.2) is 0 Å². The molecule has 0 aliphatic rings. The number of carboxylic acid groups (broad SMARTS) is 1. The van der Waals surface area contributed by atoms with E-state index in [4.69, 9.17) is 16.7 Å². The van der Waals surface area contributed by atoms with Gasteiger partial charge in [-0.25, -0.2) is 14.8 Å². The summed E-state index contributed by atoms with van der Waals surface area (Å²) >= 11 is 6.23.